The minimum atomic E-state index is -0.371. The third kappa shape index (κ3) is 5.81. The number of thiophene rings is 1. The van der Waals surface area contributed by atoms with Gasteiger partial charge in [0.1, 0.15) is 5.00 Å². The van der Waals surface area contributed by atoms with Gasteiger partial charge in [-0.25, -0.2) is 4.79 Å². The minimum Gasteiger partial charge on any atom is -0.465 e. The van der Waals surface area contributed by atoms with E-state index in [0.717, 1.165) is 16.9 Å². The van der Waals surface area contributed by atoms with Crippen LogP contribution < -0.4 is 10.6 Å². The van der Waals surface area contributed by atoms with Crippen molar-refractivity contribution in [2.75, 3.05) is 12.4 Å². The summed E-state index contributed by atoms with van der Waals surface area (Å²) >= 11 is 6.93. The van der Waals surface area contributed by atoms with E-state index in [1.807, 2.05) is 36.4 Å². The van der Waals surface area contributed by atoms with Crippen LogP contribution in [0.4, 0.5) is 5.00 Å². The first-order valence-corrected chi connectivity index (χ1v) is 10.1. The second kappa shape index (κ2) is 10.3. The summed E-state index contributed by atoms with van der Waals surface area (Å²) in [5.41, 5.74) is 1.56. The summed E-state index contributed by atoms with van der Waals surface area (Å²) in [4.78, 5) is 13.1. The zero-order chi connectivity index (χ0) is 18.9. The molecular formula is C20H26N2O2S2. The molecule has 0 amide bonds. The Kier molecular flexibility index (Phi) is 8.06. The van der Waals surface area contributed by atoms with Gasteiger partial charge in [0.25, 0.3) is 0 Å². The van der Waals surface area contributed by atoms with Crippen molar-refractivity contribution < 1.29 is 9.53 Å². The van der Waals surface area contributed by atoms with E-state index in [4.69, 9.17) is 17.0 Å². The van der Waals surface area contributed by atoms with Crippen molar-refractivity contribution in [3.63, 3.8) is 0 Å². The fourth-order valence-corrected chi connectivity index (χ4v) is 4.05. The molecule has 0 radical (unpaired) electrons. The molecule has 0 aliphatic heterocycles. The Bertz CT molecular complexity index is 729. The summed E-state index contributed by atoms with van der Waals surface area (Å²) in [6, 6.07) is 12.1. The Hall–Kier alpha value is -1.92. The quantitative estimate of drug-likeness (QED) is 0.356. The molecule has 26 heavy (non-hydrogen) atoms. The van der Waals surface area contributed by atoms with Crippen LogP contribution in [0.1, 0.15) is 49.9 Å². The molecule has 140 valence electrons. The Morgan fingerprint density at radius 1 is 1.27 bits per heavy atom. The molecule has 0 aliphatic carbocycles. The van der Waals surface area contributed by atoms with Crippen molar-refractivity contribution in [1.82, 2.24) is 5.32 Å². The monoisotopic (exact) mass is 390 g/mol. The summed E-state index contributed by atoms with van der Waals surface area (Å²) < 4.78 is 4.92. The fourth-order valence-electron chi connectivity index (χ4n) is 2.63. The average Bonchev–Trinajstić information content (AvgIpc) is 3.05. The molecule has 6 heteroatoms. The molecule has 4 nitrogen and oxygen atoms in total. The second-order valence-corrected chi connectivity index (χ2v) is 7.67. The number of anilines is 1. The number of methoxy groups -OCH3 is 1. The highest BCUT2D eigenvalue weighted by molar-refractivity contribution is 7.80. The maximum absolute atomic E-state index is 12.1. The predicted octanol–water partition coefficient (Wildman–Crippen LogP) is 5.46. The van der Waals surface area contributed by atoms with E-state index in [-0.39, 0.29) is 12.0 Å². The molecular weight excluding hydrogens is 364 g/mol. The molecule has 0 saturated carbocycles. The highest BCUT2D eigenvalue weighted by Gasteiger charge is 2.18. The van der Waals surface area contributed by atoms with Crippen molar-refractivity contribution in [3.05, 3.63) is 42.0 Å². The third-order valence-electron chi connectivity index (χ3n) is 4.04. The van der Waals surface area contributed by atoms with Crippen LogP contribution in [-0.2, 0) is 4.74 Å². The zero-order valence-electron chi connectivity index (χ0n) is 15.5. The number of thiocarbonyl (C=S) groups is 1. The number of carbonyl (C=O) groups excluding carboxylic acids is 1. The van der Waals surface area contributed by atoms with Gasteiger partial charge in [0.15, 0.2) is 5.11 Å². The molecule has 2 N–H and O–H groups in total. The van der Waals surface area contributed by atoms with E-state index < -0.39 is 0 Å². The van der Waals surface area contributed by atoms with Crippen molar-refractivity contribution >= 4 is 39.6 Å². The van der Waals surface area contributed by atoms with Crippen molar-refractivity contribution in [1.29, 1.82) is 0 Å². The van der Waals surface area contributed by atoms with Crippen LogP contribution in [0.2, 0.25) is 0 Å². The van der Waals surface area contributed by atoms with Gasteiger partial charge < -0.3 is 15.4 Å². The van der Waals surface area contributed by atoms with Gasteiger partial charge in [-0.15, -0.1) is 11.3 Å². The van der Waals surface area contributed by atoms with Crippen LogP contribution >= 0.6 is 23.6 Å². The van der Waals surface area contributed by atoms with Crippen molar-refractivity contribution in [3.8, 4) is 10.4 Å². The number of hydrogen-bond donors (Lipinski definition) is 2. The Morgan fingerprint density at radius 2 is 2.00 bits per heavy atom. The Labute approximate surface area is 165 Å². The fraction of sp³-hybridized carbons (Fsp3) is 0.400. The molecule has 0 unspecified atom stereocenters. The molecule has 0 saturated heterocycles. The highest BCUT2D eigenvalue weighted by Crippen LogP contribution is 2.35. The number of unbranched alkanes of at least 4 members (excludes halogenated alkanes) is 2. The van der Waals surface area contributed by atoms with E-state index in [1.54, 1.807) is 0 Å². The van der Waals surface area contributed by atoms with E-state index in [0.29, 0.717) is 15.7 Å². The predicted molar refractivity (Wildman–Crippen MR) is 114 cm³/mol. The SMILES string of the molecule is CCCCC[C@@H](C)NC(=S)Nc1sc(-c2ccccc2)cc1C(=O)OC. The van der Waals surface area contributed by atoms with E-state index in [1.165, 1.54) is 37.7 Å². The molecule has 0 fully saturated rings. The van der Waals surface area contributed by atoms with Gasteiger partial charge in [-0.3, -0.25) is 0 Å². The number of esters is 1. The van der Waals surface area contributed by atoms with Gasteiger partial charge in [0.2, 0.25) is 0 Å². The number of nitrogens with one attached hydrogen (secondary N) is 2. The molecule has 1 atom stereocenters. The summed E-state index contributed by atoms with van der Waals surface area (Å²) in [7, 11) is 1.39. The normalized spacial score (nSPS) is 11.7. The van der Waals surface area contributed by atoms with Gasteiger partial charge >= 0.3 is 5.97 Å². The van der Waals surface area contributed by atoms with Crippen molar-refractivity contribution in [2.24, 2.45) is 0 Å². The van der Waals surface area contributed by atoms with Crippen LogP contribution in [0.3, 0.4) is 0 Å². The molecule has 0 spiro atoms. The second-order valence-electron chi connectivity index (χ2n) is 6.21. The lowest BCUT2D eigenvalue weighted by molar-refractivity contribution is 0.0602. The van der Waals surface area contributed by atoms with Crippen LogP contribution in [0.25, 0.3) is 10.4 Å². The summed E-state index contributed by atoms with van der Waals surface area (Å²) in [6.07, 6.45) is 4.68. The number of hydrogen-bond acceptors (Lipinski definition) is 4. The molecule has 1 aromatic carbocycles. The van der Waals surface area contributed by atoms with Gasteiger partial charge in [-0.1, -0.05) is 56.5 Å². The first-order chi connectivity index (χ1) is 12.5. The first kappa shape index (κ1) is 20.4. The van der Waals surface area contributed by atoms with Gasteiger partial charge in [0, 0.05) is 10.9 Å². The van der Waals surface area contributed by atoms with Crippen LogP contribution in [0.5, 0.6) is 0 Å². The third-order valence-corrected chi connectivity index (χ3v) is 5.36. The van der Waals surface area contributed by atoms with E-state index >= 15 is 0 Å². The van der Waals surface area contributed by atoms with E-state index in [9.17, 15) is 4.79 Å². The minimum absolute atomic E-state index is 0.289. The Morgan fingerprint density at radius 3 is 2.65 bits per heavy atom. The lowest BCUT2D eigenvalue weighted by atomic mass is 10.1. The molecule has 1 heterocycles. The molecule has 2 aromatic rings. The number of benzene rings is 1. The van der Waals surface area contributed by atoms with Crippen LogP contribution in [-0.4, -0.2) is 24.2 Å². The largest absolute Gasteiger partial charge is 0.465 e. The maximum atomic E-state index is 12.1. The maximum Gasteiger partial charge on any atom is 0.340 e. The Balaban J connectivity index is 2.10. The lowest BCUT2D eigenvalue weighted by Gasteiger charge is -2.16. The lowest BCUT2D eigenvalue weighted by Crippen LogP contribution is -2.35. The molecule has 2 rings (SSSR count). The number of ether oxygens (including phenoxy) is 1. The van der Waals surface area contributed by atoms with Crippen molar-refractivity contribution in [2.45, 2.75) is 45.6 Å². The molecule has 0 aliphatic rings. The number of rotatable bonds is 8. The van der Waals surface area contributed by atoms with Crippen LogP contribution in [0, 0.1) is 0 Å². The van der Waals surface area contributed by atoms with Gasteiger partial charge in [0.05, 0.1) is 12.7 Å². The summed E-state index contributed by atoms with van der Waals surface area (Å²) in [5, 5.41) is 7.70. The molecule has 0 bridgehead atoms. The zero-order valence-corrected chi connectivity index (χ0v) is 17.1. The first-order valence-electron chi connectivity index (χ1n) is 8.90. The summed E-state index contributed by atoms with van der Waals surface area (Å²) in [6.45, 7) is 4.31. The van der Waals surface area contributed by atoms with Crippen LogP contribution in [0.15, 0.2) is 36.4 Å². The smallest absolute Gasteiger partial charge is 0.340 e. The highest BCUT2D eigenvalue weighted by atomic mass is 32.1. The molecule has 1 aromatic heterocycles. The average molecular weight is 391 g/mol. The summed E-state index contributed by atoms with van der Waals surface area (Å²) in [5.74, 6) is -0.371. The topological polar surface area (TPSA) is 50.4 Å². The van der Waals surface area contributed by atoms with Gasteiger partial charge in [-0.2, -0.15) is 0 Å². The van der Waals surface area contributed by atoms with E-state index in [2.05, 4.69) is 24.5 Å². The van der Waals surface area contributed by atoms with Gasteiger partial charge in [-0.05, 0) is 37.2 Å². The standard InChI is InChI=1S/C20H26N2O2S2/c1-4-5-7-10-14(2)21-20(25)22-18-16(19(23)24-3)13-17(26-18)15-11-8-6-9-12-15/h6,8-9,11-14H,4-5,7,10H2,1-3H3,(H2,21,22,25)/t14-/m1/s1. The number of carbonyl (C=O) groups is 1.